The van der Waals surface area contributed by atoms with Crippen LogP contribution in [0.5, 0.6) is 0 Å². The maximum atomic E-state index is 12.7. The molecule has 0 aliphatic carbocycles. The first-order chi connectivity index (χ1) is 10.4. The van der Waals surface area contributed by atoms with Crippen LogP contribution in [-0.2, 0) is 25.7 Å². The van der Waals surface area contributed by atoms with Gasteiger partial charge in [0.05, 0.1) is 6.20 Å². The smallest absolute Gasteiger partial charge is 0.334 e. The first-order valence-corrected chi connectivity index (χ1v) is 7.26. The highest BCUT2D eigenvalue weighted by Gasteiger charge is 2.35. The number of aromatic nitrogens is 4. The van der Waals surface area contributed by atoms with E-state index in [-0.39, 0.29) is 0 Å². The van der Waals surface area contributed by atoms with Gasteiger partial charge in [-0.05, 0) is 25.8 Å². The highest BCUT2D eigenvalue weighted by molar-refractivity contribution is 5.14. The molecule has 2 aromatic heterocycles. The Morgan fingerprint density at radius 2 is 2.27 bits per heavy atom. The third-order valence-electron chi connectivity index (χ3n) is 4.06. The van der Waals surface area contributed by atoms with Gasteiger partial charge in [0.1, 0.15) is 5.82 Å². The number of fused-ring (bicyclic) bond motifs is 1. The summed E-state index contributed by atoms with van der Waals surface area (Å²) < 4.78 is 39.7. The molecule has 1 atom stereocenters. The quantitative estimate of drug-likeness (QED) is 0.910. The van der Waals surface area contributed by atoms with E-state index in [4.69, 9.17) is 0 Å². The fraction of sp³-hybridized carbons (Fsp3) is 0.571. The van der Waals surface area contributed by atoms with Crippen molar-refractivity contribution in [3.05, 3.63) is 35.2 Å². The van der Waals surface area contributed by atoms with Gasteiger partial charge in [0, 0.05) is 37.0 Å². The molecule has 0 bridgehead atoms. The molecule has 120 valence electrons. The maximum Gasteiger partial charge on any atom is 0.434 e. The number of hydrogen-bond acceptors (Lipinski definition) is 3. The van der Waals surface area contributed by atoms with Crippen molar-refractivity contribution in [1.29, 1.82) is 0 Å². The molecule has 0 aromatic carbocycles. The number of halogens is 3. The van der Waals surface area contributed by atoms with Gasteiger partial charge >= 0.3 is 6.18 Å². The molecule has 2 N–H and O–H groups in total. The predicted octanol–water partition coefficient (Wildman–Crippen LogP) is 2.29. The van der Waals surface area contributed by atoms with Crippen LogP contribution in [0.15, 0.2) is 12.4 Å². The van der Waals surface area contributed by atoms with Crippen molar-refractivity contribution in [3.63, 3.8) is 0 Å². The van der Waals surface area contributed by atoms with Crippen LogP contribution in [0.25, 0.3) is 0 Å². The molecular formula is C14H18F3N5. The molecule has 0 fully saturated rings. The molecule has 2 aromatic rings. The van der Waals surface area contributed by atoms with Crippen LogP contribution in [-0.4, -0.2) is 26.3 Å². The lowest BCUT2D eigenvalue weighted by Gasteiger charge is -2.23. The number of imidazole rings is 1. The van der Waals surface area contributed by atoms with Crippen LogP contribution >= 0.6 is 0 Å². The molecule has 8 heteroatoms. The van der Waals surface area contributed by atoms with E-state index >= 15 is 0 Å². The number of hydrogen-bond donors (Lipinski definition) is 2. The molecule has 0 unspecified atom stereocenters. The number of H-pyrrole nitrogens is 1. The largest absolute Gasteiger partial charge is 0.434 e. The van der Waals surface area contributed by atoms with Crippen molar-refractivity contribution in [3.8, 4) is 0 Å². The Labute approximate surface area is 125 Å². The zero-order valence-corrected chi connectivity index (χ0v) is 12.2. The standard InChI is InChI=1S/C14H18F3N5/c1-9-11(6-19-21-9)5-18-4-10-2-3-13-20-12(14(15,16)17)8-22(13)7-10/h6,8,10,18H,2-5,7H2,1H3,(H,19,21)/t10-/m1/s1. The highest BCUT2D eigenvalue weighted by Crippen LogP contribution is 2.30. The SMILES string of the molecule is Cc1[nH]ncc1CNC[C@H]1CCc2nc(C(F)(F)F)cn2C1. The first-order valence-electron chi connectivity index (χ1n) is 7.26. The van der Waals surface area contributed by atoms with Crippen molar-refractivity contribution < 1.29 is 13.2 Å². The molecule has 1 aliphatic heterocycles. The van der Waals surface area contributed by atoms with E-state index in [2.05, 4.69) is 20.5 Å². The summed E-state index contributed by atoms with van der Waals surface area (Å²) in [6.07, 6.45) is -0.00968. The summed E-state index contributed by atoms with van der Waals surface area (Å²) in [5, 5.41) is 10.2. The Bertz CT molecular complexity index is 643. The summed E-state index contributed by atoms with van der Waals surface area (Å²) in [6.45, 7) is 4.02. The molecule has 0 saturated heterocycles. The second-order valence-electron chi connectivity index (χ2n) is 5.75. The lowest BCUT2D eigenvalue weighted by atomic mass is 9.99. The second-order valence-corrected chi connectivity index (χ2v) is 5.75. The Morgan fingerprint density at radius 1 is 1.45 bits per heavy atom. The fourth-order valence-corrected chi connectivity index (χ4v) is 2.78. The number of alkyl halides is 3. The number of nitrogens with zero attached hydrogens (tertiary/aromatic N) is 3. The average Bonchev–Trinajstić information content (AvgIpc) is 3.04. The van der Waals surface area contributed by atoms with Gasteiger partial charge in [-0.15, -0.1) is 0 Å². The lowest BCUT2D eigenvalue weighted by molar-refractivity contribution is -0.141. The topological polar surface area (TPSA) is 58.5 Å². The normalized spacial score (nSPS) is 18.5. The van der Waals surface area contributed by atoms with E-state index in [1.54, 1.807) is 10.8 Å². The van der Waals surface area contributed by atoms with Gasteiger partial charge in [-0.1, -0.05) is 0 Å². The van der Waals surface area contributed by atoms with Gasteiger partial charge in [-0.3, -0.25) is 5.10 Å². The Morgan fingerprint density at radius 3 is 2.95 bits per heavy atom. The summed E-state index contributed by atoms with van der Waals surface area (Å²) in [7, 11) is 0. The molecule has 1 aliphatic rings. The fourth-order valence-electron chi connectivity index (χ4n) is 2.78. The molecule has 3 rings (SSSR count). The van der Waals surface area contributed by atoms with E-state index in [1.165, 1.54) is 0 Å². The van der Waals surface area contributed by atoms with Gasteiger partial charge in [0.25, 0.3) is 0 Å². The Kier molecular flexibility index (Phi) is 3.94. The summed E-state index contributed by atoms with van der Waals surface area (Å²) >= 11 is 0. The predicted molar refractivity (Wildman–Crippen MR) is 74.1 cm³/mol. The van der Waals surface area contributed by atoms with Gasteiger partial charge in [-0.25, -0.2) is 4.98 Å². The third-order valence-corrected chi connectivity index (χ3v) is 4.06. The van der Waals surface area contributed by atoms with E-state index < -0.39 is 11.9 Å². The third kappa shape index (κ3) is 3.16. The van der Waals surface area contributed by atoms with E-state index in [1.807, 2.05) is 6.92 Å². The summed E-state index contributed by atoms with van der Waals surface area (Å²) in [5.74, 6) is 0.851. The van der Waals surface area contributed by atoms with Crippen LogP contribution in [0.4, 0.5) is 13.2 Å². The molecule has 0 spiro atoms. The summed E-state index contributed by atoms with van der Waals surface area (Å²) in [6, 6.07) is 0. The summed E-state index contributed by atoms with van der Waals surface area (Å²) in [4.78, 5) is 3.69. The zero-order valence-electron chi connectivity index (χ0n) is 12.2. The summed E-state index contributed by atoms with van der Waals surface area (Å²) in [5.41, 5.74) is 1.35. The number of aromatic amines is 1. The van der Waals surface area contributed by atoms with E-state index in [0.717, 1.165) is 30.4 Å². The van der Waals surface area contributed by atoms with Crippen LogP contribution in [0.3, 0.4) is 0 Å². The second kappa shape index (κ2) is 5.75. The van der Waals surface area contributed by atoms with Gasteiger partial charge in [0.15, 0.2) is 5.69 Å². The van der Waals surface area contributed by atoms with E-state index in [9.17, 15) is 13.2 Å². The van der Waals surface area contributed by atoms with Crippen LogP contribution in [0.1, 0.15) is 29.2 Å². The van der Waals surface area contributed by atoms with Crippen molar-refractivity contribution >= 4 is 0 Å². The van der Waals surface area contributed by atoms with Crippen molar-refractivity contribution in [2.45, 2.75) is 39.0 Å². The van der Waals surface area contributed by atoms with Crippen molar-refractivity contribution in [2.24, 2.45) is 5.92 Å². The average molecular weight is 313 g/mol. The highest BCUT2D eigenvalue weighted by atomic mass is 19.4. The minimum Gasteiger partial charge on any atom is -0.334 e. The Balaban J connectivity index is 1.55. The van der Waals surface area contributed by atoms with Crippen LogP contribution in [0.2, 0.25) is 0 Å². The van der Waals surface area contributed by atoms with Crippen molar-refractivity contribution in [2.75, 3.05) is 6.54 Å². The molecule has 22 heavy (non-hydrogen) atoms. The monoisotopic (exact) mass is 313 g/mol. The van der Waals surface area contributed by atoms with Gasteiger partial charge < -0.3 is 9.88 Å². The molecular weight excluding hydrogens is 295 g/mol. The number of nitrogens with one attached hydrogen (secondary N) is 2. The van der Waals surface area contributed by atoms with Crippen molar-refractivity contribution in [1.82, 2.24) is 25.1 Å². The number of rotatable bonds is 4. The molecule has 0 radical (unpaired) electrons. The maximum absolute atomic E-state index is 12.7. The first kappa shape index (κ1) is 15.1. The van der Waals surface area contributed by atoms with E-state index in [0.29, 0.717) is 31.3 Å². The lowest BCUT2D eigenvalue weighted by Crippen LogP contribution is -2.29. The van der Waals surface area contributed by atoms with Gasteiger partial charge in [-0.2, -0.15) is 18.3 Å². The zero-order chi connectivity index (χ0) is 15.7. The molecule has 5 nitrogen and oxygen atoms in total. The molecule has 3 heterocycles. The minimum absolute atomic E-state index is 0.315. The van der Waals surface area contributed by atoms with Crippen LogP contribution in [0, 0.1) is 12.8 Å². The van der Waals surface area contributed by atoms with Gasteiger partial charge in [0.2, 0.25) is 0 Å². The molecule has 0 amide bonds. The minimum atomic E-state index is -4.36. The number of aryl methyl sites for hydroxylation is 2. The molecule has 0 saturated carbocycles. The van der Waals surface area contributed by atoms with Crippen LogP contribution < -0.4 is 5.32 Å². The Hall–Kier alpha value is -1.83.